The van der Waals surface area contributed by atoms with Gasteiger partial charge in [-0.05, 0) is 46.1 Å². The summed E-state index contributed by atoms with van der Waals surface area (Å²) < 4.78 is 13.8. The summed E-state index contributed by atoms with van der Waals surface area (Å²) in [6.07, 6.45) is 0.995. The third-order valence-electron chi connectivity index (χ3n) is 2.73. The minimum atomic E-state index is -0.336. The van der Waals surface area contributed by atoms with Crippen molar-refractivity contribution in [2.24, 2.45) is 0 Å². The lowest BCUT2D eigenvalue weighted by Gasteiger charge is -2.10. The third-order valence-corrected chi connectivity index (χ3v) is 3.34. The number of nitrogens with two attached hydrogens (primary N) is 1. The molecule has 0 fully saturated rings. The van der Waals surface area contributed by atoms with Gasteiger partial charge in [0.15, 0.2) is 0 Å². The number of hydrogen-bond acceptors (Lipinski definition) is 2. The van der Waals surface area contributed by atoms with E-state index < -0.39 is 0 Å². The molecule has 0 radical (unpaired) electrons. The Morgan fingerprint density at radius 1 is 1.22 bits per heavy atom. The molecule has 2 rings (SSSR count). The molecule has 18 heavy (non-hydrogen) atoms. The largest absolute Gasteiger partial charge is 0.397 e. The zero-order valence-electron chi connectivity index (χ0n) is 10.0. The SMILES string of the molecule is CCc1ccc(Nc2cc(F)c(Br)cc2N)cc1. The fraction of sp³-hybridized carbons (Fsp3) is 0.143. The predicted molar refractivity (Wildman–Crippen MR) is 77.6 cm³/mol. The van der Waals surface area contributed by atoms with Crippen LogP contribution in [-0.4, -0.2) is 0 Å². The molecule has 0 heterocycles. The van der Waals surface area contributed by atoms with Crippen LogP contribution in [-0.2, 0) is 6.42 Å². The number of nitrogens with one attached hydrogen (secondary N) is 1. The van der Waals surface area contributed by atoms with Crippen LogP contribution in [0.1, 0.15) is 12.5 Å². The summed E-state index contributed by atoms with van der Waals surface area (Å²) in [7, 11) is 0. The molecule has 0 atom stereocenters. The summed E-state index contributed by atoms with van der Waals surface area (Å²) in [5.74, 6) is -0.336. The molecule has 4 heteroatoms. The average Bonchev–Trinajstić information content (AvgIpc) is 2.37. The molecule has 0 aliphatic carbocycles. The van der Waals surface area contributed by atoms with Gasteiger partial charge in [0.05, 0.1) is 15.8 Å². The molecule has 0 bridgehead atoms. The van der Waals surface area contributed by atoms with Crippen LogP contribution in [0, 0.1) is 5.82 Å². The third kappa shape index (κ3) is 2.82. The maximum absolute atomic E-state index is 13.4. The minimum absolute atomic E-state index is 0.336. The van der Waals surface area contributed by atoms with E-state index in [1.165, 1.54) is 11.6 Å². The second-order valence-electron chi connectivity index (χ2n) is 4.03. The van der Waals surface area contributed by atoms with Crippen molar-refractivity contribution >= 4 is 33.0 Å². The van der Waals surface area contributed by atoms with Gasteiger partial charge in [0.2, 0.25) is 0 Å². The number of benzene rings is 2. The van der Waals surface area contributed by atoms with Crippen molar-refractivity contribution in [1.82, 2.24) is 0 Å². The van der Waals surface area contributed by atoms with Crippen molar-refractivity contribution in [1.29, 1.82) is 0 Å². The Morgan fingerprint density at radius 2 is 1.89 bits per heavy atom. The van der Waals surface area contributed by atoms with Gasteiger partial charge in [0, 0.05) is 11.8 Å². The van der Waals surface area contributed by atoms with E-state index in [-0.39, 0.29) is 5.82 Å². The Balaban J connectivity index is 2.25. The van der Waals surface area contributed by atoms with Gasteiger partial charge in [-0.1, -0.05) is 19.1 Å². The number of anilines is 3. The first-order valence-corrected chi connectivity index (χ1v) is 6.50. The Bertz CT molecular complexity index is 552. The summed E-state index contributed by atoms with van der Waals surface area (Å²) >= 11 is 3.10. The molecule has 0 saturated heterocycles. The molecular weight excluding hydrogens is 295 g/mol. The van der Waals surface area contributed by atoms with Crippen LogP contribution in [0.3, 0.4) is 0 Å². The number of hydrogen-bond donors (Lipinski definition) is 2. The van der Waals surface area contributed by atoms with E-state index in [2.05, 4.69) is 28.2 Å². The maximum Gasteiger partial charge on any atom is 0.139 e. The van der Waals surface area contributed by atoms with Gasteiger partial charge >= 0.3 is 0 Å². The Labute approximate surface area is 114 Å². The second-order valence-corrected chi connectivity index (χ2v) is 4.88. The van der Waals surface area contributed by atoms with Gasteiger partial charge in [-0.25, -0.2) is 4.39 Å². The summed E-state index contributed by atoms with van der Waals surface area (Å²) in [5.41, 5.74) is 9.06. The molecule has 2 nitrogen and oxygen atoms in total. The van der Waals surface area contributed by atoms with E-state index in [1.54, 1.807) is 6.07 Å². The van der Waals surface area contributed by atoms with Crippen LogP contribution < -0.4 is 11.1 Å². The van der Waals surface area contributed by atoms with Gasteiger partial charge in [-0.2, -0.15) is 0 Å². The number of nitrogen functional groups attached to an aromatic ring is 1. The van der Waals surface area contributed by atoms with E-state index in [0.717, 1.165) is 12.1 Å². The number of halogens is 2. The van der Waals surface area contributed by atoms with E-state index in [0.29, 0.717) is 15.8 Å². The molecule has 0 spiro atoms. The van der Waals surface area contributed by atoms with E-state index in [4.69, 9.17) is 5.73 Å². The summed E-state index contributed by atoms with van der Waals surface area (Å²) in [6.45, 7) is 2.10. The molecular formula is C14H14BrFN2. The fourth-order valence-electron chi connectivity index (χ4n) is 1.65. The quantitative estimate of drug-likeness (QED) is 0.821. The summed E-state index contributed by atoms with van der Waals surface area (Å²) in [5, 5.41) is 3.11. The Kier molecular flexibility index (Phi) is 3.87. The van der Waals surface area contributed by atoms with Crippen molar-refractivity contribution in [2.45, 2.75) is 13.3 Å². The number of aryl methyl sites for hydroxylation is 1. The summed E-state index contributed by atoms with van der Waals surface area (Å²) in [4.78, 5) is 0. The molecule has 2 aromatic carbocycles. The highest BCUT2D eigenvalue weighted by atomic mass is 79.9. The zero-order chi connectivity index (χ0) is 13.1. The maximum atomic E-state index is 13.4. The van der Waals surface area contributed by atoms with Crippen molar-refractivity contribution in [3.05, 3.63) is 52.3 Å². The van der Waals surface area contributed by atoms with E-state index in [1.807, 2.05) is 24.3 Å². The highest BCUT2D eigenvalue weighted by Crippen LogP contribution is 2.29. The number of rotatable bonds is 3. The average molecular weight is 309 g/mol. The zero-order valence-corrected chi connectivity index (χ0v) is 11.6. The van der Waals surface area contributed by atoms with Crippen molar-refractivity contribution in [2.75, 3.05) is 11.1 Å². The van der Waals surface area contributed by atoms with Crippen LogP contribution in [0.15, 0.2) is 40.9 Å². The standard InChI is InChI=1S/C14H14BrFN2/c1-2-9-3-5-10(6-4-9)18-14-8-12(16)11(15)7-13(14)17/h3-8,18H,2,17H2,1H3. The first-order chi connectivity index (χ1) is 8.60. The van der Waals surface area contributed by atoms with E-state index in [9.17, 15) is 4.39 Å². The molecule has 2 aromatic rings. The highest BCUT2D eigenvalue weighted by Gasteiger charge is 2.06. The molecule has 0 aliphatic rings. The smallest absolute Gasteiger partial charge is 0.139 e. The first-order valence-electron chi connectivity index (χ1n) is 5.70. The molecule has 0 amide bonds. The monoisotopic (exact) mass is 308 g/mol. The van der Waals surface area contributed by atoms with Gasteiger partial charge < -0.3 is 11.1 Å². The van der Waals surface area contributed by atoms with Crippen LogP contribution in [0.2, 0.25) is 0 Å². The van der Waals surface area contributed by atoms with Gasteiger partial charge in [-0.15, -0.1) is 0 Å². The van der Waals surface area contributed by atoms with Crippen LogP contribution in [0.25, 0.3) is 0 Å². The van der Waals surface area contributed by atoms with Crippen molar-refractivity contribution < 1.29 is 4.39 Å². The van der Waals surface area contributed by atoms with Crippen LogP contribution >= 0.6 is 15.9 Å². The van der Waals surface area contributed by atoms with Crippen LogP contribution in [0.5, 0.6) is 0 Å². The Hall–Kier alpha value is -1.55. The molecule has 3 N–H and O–H groups in total. The lowest BCUT2D eigenvalue weighted by molar-refractivity contribution is 0.622. The van der Waals surface area contributed by atoms with Gasteiger partial charge in [-0.3, -0.25) is 0 Å². The second kappa shape index (κ2) is 5.40. The highest BCUT2D eigenvalue weighted by molar-refractivity contribution is 9.10. The molecule has 0 aromatic heterocycles. The normalized spacial score (nSPS) is 10.4. The van der Waals surface area contributed by atoms with Gasteiger partial charge in [0.25, 0.3) is 0 Å². The minimum Gasteiger partial charge on any atom is -0.397 e. The van der Waals surface area contributed by atoms with Crippen molar-refractivity contribution in [3.63, 3.8) is 0 Å². The van der Waals surface area contributed by atoms with Gasteiger partial charge in [0.1, 0.15) is 5.82 Å². The lowest BCUT2D eigenvalue weighted by atomic mass is 10.1. The van der Waals surface area contributed by atoms with Crippen molar-refractivity contribution in [3.8, 4) is 0 Å². The first kappa shape index (κ1) is 12.9. The fourth-order valence-corrected chi connectivity index (χ4v) is 2.01. The molecule has 0 aliphatic heterocycles. The summed E-state index contributed by atoms with van der Waals surface area (Å²) in [6, 6.07) is 10.9. The molecule has 94 valence electrons. The van der Waals surface area contributed by atoms with Crippen LogP contribution in [0.4, 0.5) is 21.5 Å². The van der Waals surface area contributed by atoms with E-state index >= 15 is 0 Å². The molecule has 0 saturated carbocycles. The topological polar surface area (TPSA) is 38.0 Å². The predicted octanol–water partition coefficient (Wildman–Crippen LogP) is 4.48. The Morgan fingerprint density at radius 3 is 2.50 bits per heavy atom. The lowest BCUT2D eigenvalue weighted by Crippen LogP contribution is -1.98. The molecule has 0 unspecified atom stereocenters.